The molecule has 1 aliphatic heterocycles. The van der Waals surface area contributed by atoms with E-state index < -0.39 is 50.4 Å². The summed E-state index contributed by atoms with van der Waals surface area (Å²) in [6.45, 7) is -1.19. The number of nitro groups is 1. The van der Waals surface area contributed by atoms with E-state index in [-0.39, 0.29) is 5.69 Å². The molecule has 112 valence electrons. The van der Waals surface area contributed by atoms with Crippen LogP contribution in [0.3, 0.4) is 0 Å². The van der Waals surface area contributed by atoms with Crippen LogP contribution in [0.5, 0.6) is 0 Å². The molecule has 0 unspecified atom stereocenters. The number of nitrogens with two attached hydrogens (primary N) is 1. The minimum atomic E-state index is -4.40. The van der Waals surface area contributed by atoms with Crippen molar-refractivity contribution in [1.29, 1.82) is 0 Å². The number of carbonyl (C=O) groups excluding carboxylic acids is 2. The van der Waals surface area contributed by atoms with Gasteiger partial charge in [-0.2, -0.15) is 4.31 Å². The van der Waals surface area contributed by atoms with E-state index in [0.717, 1.165) is 12.1 Å². The van der Waals surface area contributed by atoms with Crippen molar-refractivity contribution in [2.75, 3.05) is 18.8 Å². The lowest BCUT2D eigenvalue weighted by Crippen LogP contribution is -2.53. The highest BCUT2D eigenvalue weighted by atomic mass is 32.2. The zero-order valence-corrected chi connectivity index (χ0v) is 11.3. The standard InChI is InChI=1S/C10H10N4O6S/c11-6-1-2-7(14(17)18)8(3-6)21(19,20)13-4-9(15)12-10(16)5-13/h1-3H,4-5,11H2,(H,12,15,16). The number of sulfonamides is 1. The summed E-state index contributed by atoms with van der Waals surface area (Å²) in [5, 5.41) is 12.9. The molecule has 0 spiro atoms. The number of hydrogen-bond donors (Lipinski definition) is 2. The van der Waals surface area contributed by atoms with E-state index in [9.17, 15) is 28.1 Å². The Kier molecular flexibility index (Phi) is 3.61. The van der Waals surface area contributed by atoms with Crippen molar-refractivity contribution < 1.29 is 22.9 Å². The Hall–Kier alpha value is -2.53. The van der Waals surface area contributed by atoms with Gasteiger partial charge in [-0.25, -0.2) is 8.42 Å². The zero-order chi connectivity index (χ0) is 15.8. The molecule has 2 amide bonds. The van der Waals surface area contributed by atoms with Crippen LogP contribution in [0.2, 0.25) is 0 Å². The molecule has 1 aliphatic rings. The molecule has 10 nitrogen and oxygen atoms in total. The number of nitrogen functional groups attached to an aromatic ring is 1. The Morgan fingerprint density at radius 2 is 1.81 bits per heavy atom. The van der Waals surface area contributed by atoms with Crippen molar-refractivity contribution in [3.8, 4) is 0 Å². The summed E-state index contributed by atoms with van der Waals surface area (Å²) in [5.41, 5.74) is 4.79. The Bertz CT molecular complexity index is 728. The van der Waals surface area contributed by atoms with Crippen molar-refractivity contribution in [2.24, 2.45) is 0 Å². The maximum Gasteiger partial charge on any atom is 0.289 e. The first-order chi connectivity index (χ1) is 9.71. The molecule has 0 aliphatic carbocycles. The molecule has 0 atom stereocenters. The normalized spacial score (nSPS) is 16.6. The van der Waals surface area contributed by atoms with Crippen LogP contribution >= 0.6 is 0 Å². The first kappa shape index (κ1) is 14.9. The SMILES string of the molecule is Nc1ccc([N+](=O)[O-])c(S(=O)(=O)N2CC(=O)NC(=O)C2)c1. The number of nitrogens with zero attached hydrogens (tertiary/aromatic N) is 2. The van der Waals surface area contributed by atoms with Crippen molar-refractivity contribution in [2.45, 2.75) is 4.90 Å². The molecule has 0 saturated carbocycles. The van der Waals surface area contributed by atoms with Gasteiger partial charge in [0.1, 0.15) is 0 Å². The van der Waals surface area contributed by atoms with Crippen LogP contribution in [0.15, 0.2) is 23.1 Å². The lowest BCUT2D eigenvalue weighted by Gasteiger charge is -2.24. The average Bonchev–Trinajstić information content (AvgIpc) is 2.37. The fraction of sp³-hybridized carbons (Fsp3) is 0.200. The van der Waals surface area contributed by atoms with Gasteiger partial charge in [0, 0.05) is 11.8 Å². The summed E-state index contributed by atoms with van der Waals surface area (Å²) in [7, 11) is -4.40. The lowest BCUT2D eigenvalue weighted by molar-refractivity contribution is -0.387. The lowest BCUT2D eigenvalue weighted by atomic mass is 10.3. The summed E-state index contributed by atoms with van der Waals surface area (Å²) in [6.07, 6.45) is 0. The van der Waals surface area contributed by atoms with Crippen molar-refractivity contribution in [3.63, 3.8) is 0 Å². The number of anilines is 1. The Morgan fingerprint density at radius 1 is 1.24 bits per heavy atom. The van der Waals surface area contributed by atoms with E-state index in [2.05, 4.69) is 0 Å². The minimum Gasteiger partial charge on any atom is -0.399 e. The maximum absolute atomic E-state index is 12.4. The van der Waals surface area contributed by atoms with Crippen LogP contribution in [-0.4, -0.2) is 42.6 Å². The third kappa shape index (κ3) is 2.83. The van der Waals surface area contributed by atoms with Crippen molar-refractivity contribution in [1.82, 2.24) is 9.62 Å². The largest absolute Gasteiger partial charge is 0.399 e. The number of benzene rings is 1. The van der Waals surface area contributed by atoms with E-state index in [0.29, 0.717) is 4.31 Å². The predicted molar refractivity (Wildman–Crippen MR) is 69.4 cm³/mol. The Balaban J connectivity index is 2.53. The molecule has 0 bridgehead atoms. The quantitative estimate of drug-likeness (QED) is 0.308. The van der Waals surface area contributed by atoms with Gasteiger partial charge in [0.05, 0.1) is 18.0 Å². The number of hydrogen-bond acceptors (Lipinski definition) is 7. The third-order valence-electron chi connectivity index (χ3n) is 2.72. The number of piperazine rings is 1. The fourth-order valence-corrected chi connectivity index (χ4v) is 3.35. The minimum absolute atomic E-state index is 0.00645. The highest BCUT2D eigenvalue weighted by Crippen LogP contribution is 2.28. The fourth-order valence-electron chi connectivity index (χ4n) is 1.81. The molecule has 0 aromatic heterocycles. The molecule has 1 aromatic carbocycles. The van der Waals surface area contributed by atoms with E-state index in [1.165, 1.54) is 6.07 Å². The molecule has 1 fully saturated rings. The second-order valence-corrected chi connectivity index (χ2v) is 6.14. The van der Waals surface area contributed by atoms with E-state index in [1.54, 1.807) is 0 Å². The van der Waals surface area contributed by atoms with Gasteiger partial charge in [-0.05, 0) is 12.1 Å². The smallest absolute Gasteiger partial charge is 0.289 e. The molecular weight excluding hydrogens is 304 g/mol. The highest BCUT2D eigenvalue weighted by molar-refractivity contribution is 7.89. The molecular formula is C10H10N4O6S. The number of amides is 2. The Labute approximate surface area is 118 Å². The van der Waals surface area contributed by atoms with Gasteiger partial charge < -0.3 is 5.73 Å². The van der Waals surface area contributed by atoms with Gasteiger partial charge in [-0.15, -0.1) is 0 Å². The second kappa shape index (κ2) is 5.10. The van der Waals surface area contributed by atoms with E-state index >= 15 is 0 Å². The maximum atomic E-state index is 12.4. The van der Waals surface area contributed by atoms with Crippen LogP contribution < -0.4 is 11.1 Å². The van der Waals surface area contributed by atoms with Crippen LogP contribution in [0.25, 0.3) is 0 Å². The molecule has 3 N–H and O–H groups in total. The zero-order valence-electron chi connectivity index (χ0n) is 10.5. The number of imide groups is 1. The van der Waals surface area contributed by atoms with Gasteiger partial charge >= 0.3 is 0 Å². The van der Waals surface area contributed by atoms with Crippen LogP contribution in [0, 0.1) is 10.1 Å². The first-order valence-electron chi connectivity index (χ1n) is 5.58. The van der Waals surface area contributed by atoms with Crippen molar-refractivity contribution in [3.05, 3.63) is 28.3 Å². The van der Waals surface area contributed by atoms with Crippen LogP contribution in [-0.2, 0) is 19.6 Å². The Morgan fingerprint density at radius 3 is 2.33 bits per heavy atom. The number of nitrogens with one attached hydrogen (secondary N) is 1. The third-order valence-corrected chi connectivity index (χ3v) is 4.54. The number of rotatable bonds is 3. The molecule has 21 heavy (non-hydrogen) atoms. The first-order valence-corrected chi connectivity index (χ1v) is 7.02. The molecule has 1 aromatic rings. The summed E-state index contributed by atoms with van der Waals surface area (Å²) in [5.74, 6) is -1.61. The van der Waals surface area contributed by atoms with Crippen molar-refractivity contribution >= 4 is 33.2 Å². The summed E-state index contributed by atoms with van der Waals surface area (Å²) in [6, 6.07) is 3.06. The van der Waals surface area contributed by atoms with Gasteiger partial charge in [0.15, 0.2) is 4.90 Å². The molecule has 11 heteroatoms. The van der Waals surface area contributed by atoms with E-state index in [4.69, 9.17) is 5.73 Å². The summed E-state index contributed by atoms with van der Waals surface area (Å²) >= 11 is 0. The van der Waals surface area contributed by atoms with Gasteiger partial charge in [0.2, 0.25) is 11.8 Å². The predicted octanol–water partition coefficient (Wildman–Crippen LogP) is -1.18. The van der Waals surface area contributed by atoms with Crippen LogP contribution in [0.1, 0.15) is 0 Å². The highest BCUT2D eigenvalue weighted by Gasteiger charge is 2.36. The van der Waals surface area contributed by atoms with Gasteiger partial charge in [-0.1, -0.05) is 0 Å². The number of carbonyl (C=O) groups is 2. The monoisotopic (exact) mass is 314 g/mol. The second-order valence-electron chi connectivity index (χ2n) is 4.23. The molecule has 1 saturated heterocycles. The van der Waals surface area contributed by atoms with Gasteiger partial charge in [-0.3, -0.25) is 25.0 Å². The van der Waals surface area contributed by atoms with Gasteiger partial charge in [0.25, 0.3) is 15.7 Å². The molecule has 0 radical (unpaired) electrons. The topological polar surface area (TPSA) is 153 Å². The van der Waals surface area contributed by atoms with Crippen LogP contribution in [0.4, 0.5) is 11.4 Å². The average molecular weight is 314 g/mol. The summed E-state index contributed by atoms with van der Waals surface area (Å²) in [4.78, 5) is 31.9. The molecule has 1 heterocycles. The van der Waals surface area contributed by atoms with E-state index in [1.807, 2.05) is 5.32 Å². The molecule has 2 rings (SSSR count). The number of nitro benzene ring substituents is 1. The summed E-state index contributed by atoms with van der Waals surface area (Å²) < 4.78 is 25.3.